The summed E-state index contributed by atoms with van der Waals surface area (Å²) in [5.41, 5.74) is 2.55. The van der Waals surface area contributed by atoms with Crippen LogP contribution in [0.4, 0.5) is 0 Å². The van der Waals surface area contributed by atoms with Gasteiger partial charge in [-0.1, -0.05) is 48.6 Å². The van der Waals surface area contributed by atoms with Gasteiger partial charge >= 0.3 is 0 Å². The summed E-state index contributed by atoms with van der Waals surface area (Å²) in [5, 5.41) is 2.59. The molecule has 80 valence electrons. The summed E-state index contributed by atoms with van der Waals surface area (Å²) in [5.74, 6) is 0. The van der Waals surface area contributed by atoms with E-state index < -0.39 is 0 Å². The first-order chi connectivity index (χ1) is 7.85. The van der Waals surface area contributed by atoms with Crippen molar-refractivity contribution < 1.29 is 0 Å². The van der Waals surface area contributed by atoms with Gasteiger partial charge in [0.05, 0.1) is 0 Å². The Labute approximate surface area is 96.9 Å². The zero-order valence-corrected chi connectivity index (χ0v) is 9.77. The lowest BCUT2D eigenvalue weighted by Gasteiger charge is -2.05. The Morgan fingerprint density at radius 1 is 0.750 bits per heavy atom. The quantitative estimate of drug-likeness (QED) is 0.658. The number of rotatable bonds is 2. The van der Waals surface area contributed by atoms with Crippen molar-refractivity contribution >= 4 is 22.9 Å². The zero-order chi connectivity index (χ0) is 11.4. The van der Waals surface area contributed by atoms with Crippen LogP contribution in [0.3, 0.4) is 0 Å². The van der Waals surface area contributed by atoms with Crippen LogP contribution in [0.15, 0.2) is 48.6 Å². The molecule has 0 N–H and O–H groups in total. The molecular formula is C16H16. The third kappa shape index (κ3) is 2.06. The van der Waals surface area contributed by atoms with Crippen LogP contribution in [-0.2, 0) is 0 Å². The van der Waals surface area contributed by atoms with E-state index in [-0.39, 0.29) is 0 Å². The highest BCUT2D eigenvalue weighted by molar-refractivity contribution is 5.88. The van der Waals surface area contributed by atoms with Crippen molar-refractivity contribution in [3.63, 3.8) is 0 Å². The van der Waals surface area contributed by atoms with Crippen molar-refractivity contribution in [2.45, 2.75) is 13.8 Å². The van der Waals surface area contributed by atoms with E-state index in [0.717, 1.165) is 0 Å². The molecule has 0 atom stereocenters. The maximum Gasteiger partial charge on any atom is -0.0178 e. The molecule has 0 nitrogen and oxygen atoms in total. The molecule has 0 aromatic heterocycles. The molecule has 16 heavy (non-hydrogen) atoms. The lowest BCUT2D eigenvalue weighted by Crippen LogP contribution is -1.82. The summed E-state index contributed by atoms with van der Waals surface area (Å²) < 4.78 is 0. The van der Waals surface area contributed by atoms with Crippen molar-refractivity contribution in [3.8, 4) is 0 Å². The Morgan fingerprint density at radius 2 is 1.19 bits per heavy atom. The molecule has 0 aliphatic rings. The molecule has 2 rings (SSSR count). The largest absolute Gasteiger partial charge is 0.0870 e. The van der Waals surface area contributed by atoms with Gasteiger partial charge < -0.3 is 0 Å². The fourth-order valence-electron chi connectivity index (χ4n) is 1.92. The maximum atomic E-state index is 2.24. The van der Waals surface area contributed by atoms with Gasteiger partial charge in [0.15, 0.2) is 0 Å². The van der Waals surface area contributed by atoms with Crippen molar-refractivity contribution in [2.24, 2.45) is 0 Å². The summed E-state index contributed by atoms with van der Waals surface area (Å²) in [7, 11) is 0. The van der Waals surface area contributed by atoms with Gasteiger partial charge in [-0.3, -0.25) is 0 Å². The van der Waals surface area contributed by atoms with Crippen LogP contribution in [0.25, 0.3) is 22.9 Å². The summed E-state index contributed by atoms with van der Waals surface area (Å²) in [6.45, 7) is 4.10. The first kappa shape index (κ1) is 10.7. The highest BCUT2D eigenvalue weighted by Crippen LogP contribution is 2.22. The van der Waals surface area contributed by atoms with E-state index in [9.17, 15) is 0 Å². The first-order valence-electron chi connectivity index (χ1n) is 5.63. The smallest absolute Gasteiger partial charge is 0.0178 e. The second-order valence-electron chi connectivity index (χ2n) is 3.83. The molecule has 2 aromatic carbocycles. The zero-order valence-electron chi connectivity index (χ0n) is 9.77. The van der Waals surface area contributed by atoms with Crippen molar-refractivity contribution in [1.82, 2.24) is 0 Å². The molecule has 0 aliphatic carbocycles. The second kappa shape index (κ2) is 4.80. The average Bonchev–Trinajstić information content (AvgIpc) is 2.30. The van der Waals surface area contributed by atoms with Crippen molar-refractivity contribution in [2.75, 3.05) is 0 Å². The van der Waals surface area contributed by atoms with Crippen LogP contribution in [0.1, 0.15) is 25.0 Å². The lowest BCUT2D eigenvalue weighted by molar-refractivity contribution is 1.63. The van der Waals surface area contributed by atoms with Gasteiger partial charge in [-0.25, -0.2) is 0 Å². The summed E-state index contributed by atoms with van der Waals surface area (Å²) in [6, 6.07) is 13.0. The molecule has 0 saturated heterocycles. The van der Waals surface area contributed by atoms with E-state index in [2.05, 4.69) is 74.5 Å². The molecule has 0 aliphatic heterocycles. The minimum absolute atomic E-state index is 1.28. The fraction of sp³-hybridized carbons (Fsp3) is 0.125. The third-order valence-corrected chi connectivity index (χ3v) is 2.64. The molecule has 0 heterocycles. The van der Waals surface area contributed by atoms with Crippen LogP contribution in [0.2, 0.25) is 0 Å². The maximum absolute atomic E-state index is 2.24. The number of allylic oxidation sites excluding steroid dienone is 2. The van der Waals surface area contributed by atoms with Crippen LogP contribution >= 0.6 is 0 Å². The highest BCUT2D eigenvalue weighted by Gasteiger charge is 1.99. The van der Waals surface area contributed by atoms with Gasteiger partial charge in [-0.15, -0.1) is 0 Å². The molecule has 0 fully saturated rings. The van der Waals surface area contributed by atoms with E-state index in [4.69, 9.17) is 0 Å². The fourth-order valence-corrected chi connectivity index (χ4v) is 1.92. The van der Waals surface area contributed by atoms with Crippen molar-refractivity contribution in [1.29, 1.82) is 0 Å². The Hall–Kier alpha value is -1.82. The van der Waals surface area contributed by atoms with Gasteiger partial charge in [0, 0.05) is 0 Å². The van der Waals surface area contributed by atoms with Gasteiger partial charge in [0.25, 0.3) is 0 Å². The van der Waals surface area contributed by atoms with E-state index in [1.54, 1.807) is 0 Å². The van der Waals surface area contributed by atoms with Gasteiger partial charge in [-0.05, 0) is 47.9 Å². The molecule has 0 unspecified atom stereocenters. The Morgan fingerprint density at radius 3 is 1.56 bits per heavy atom. The molecule has 2 aromatic rings. The van der Waals surface area contributed by atoms with E-state index >= 15 is 0 Å². The van der Waals surface area contributed by atoms with Gasteiger partial charge in [0.1, 0.15) is 0 Å². The Bertz CT molecular complexity index is 494. The van der Waals surface area contributed by atoms with Gasteiger partial charge in [-0.2, -0.15) is 0 Å². The number of benzene rings is 2. The van der Waals surface area contributed by atoms with E-state index in [0.29, 0.717) is 0 Å². The van der Waals surface area contributed by atoms with Crippen LogP contribution in [-0.4, -0.2) is 0 Å². The molecule has 0 spiro atoms. The summed E-state index contributed by atoms with van der Waals surface area (Å²) in [4.78, 5) is 0. The molecule has 0 heteroatoms. The summed E-state index contributed by atoms with van der Waals surface area (Å²) >= 11 is 0. The van der Waals surface area contributed by atoms with Gasteiger partial charge in [0.2, 0.25) is 0 Å². The molecule has 0 amide bonds. The number of hydrogen-bond acceptors (Lipinski definition) is 0. The van der Waals surface area contributed by atoms with Crippen LogP contribution < -0.4 is 0 Å². The Balaban J connectivity index is 2.70. The van der Waals surface area contributed by atoms with E-state index in [1.807, 2.05) is 0 Å². The summed E-state index contributed by atoms with van der Waals surface area (Å²) in [6.07, 6.45) is 8.47. The second-order valence-corrected chi connectivity index (χ2v) is 3.83. The monoisotopic (exact) mass is 208 g/mol. The highest BCUT2D eigenvalue weighted by atomic mass is 14.0. The van der Waals surface area contributed by atoms with E-state index in [1.165, 1.54) is 21.9 Å². The third-order valence-electron chi connectivity index (χ3n) is 2.64. The Kier molecular flexibility index (Phi) is 3.21. The SMILES string of the molecule is C/C=C/c1cc2ccccc2cc1/C=C/C. The minimum Gasteiger partial charge on any atom is -0.0870 e. The predicted molar refractivity (Wildman–Crippen MR) is 73.4 cm³/mol. The topological polar surface area (TPSA) is 0 Å². The average molecular weight is 208 g/mol. The van der Waals surface area contributed by atoms with Crippen LogP contribution in [0, 0.1) is 0 Å². The first-order valence-corrected chi connectivity index (χ1v) is 5.63. The molecule has 0 radical (unpaired) electrons. The molecule has 0 saturated carbocycles. The normalized spacial score (nSPS) is 11.9. The van der Waals surface area contributed by atoms with Crippen molar-refractivity contribution in [3.05, 3.63) is 59.7 Å². The number of hydrogen-bond donors (Lipinski definition) is 0. The molecular weight excluding hydrogens is 192 g/mol. The standard InChI is InChI=1S/C16H16/c1-3-7-13-11-15-9-5-6-10-16(15)12-14(13)8-4-2/h3-12H,1-2H3/b7-3+,8-4+. The molecule has 0 bridgehead atoms. The predicted octanol–water partition coefficient (Wildman–Crippen LogP) is 4.91. The number of fused-ring (bicyclic) bond motifs is 1. The minimum atomic E-state index is 1.28. The van der Waals surface area contributed by atoms with Crippen LogP contribution in [0.5, 0.6) is 0 Å². The lowest BCUT2D eigenvalue weighted by atomic mass is 10.0.